The number of hydrogen-bond acceptors (Lipinski definition) is 7. The van der Waals surface area contributed by atoms with Crippen LogP contribution in [0.5, 0.6) is 11.6 Å². The molecule has 14 heteroatoms. The predicted molar refractivity (Wildman–Crippen MR) is 97.6 cm³/mol. The quantitative estimate of drug-likeness (QED) is 0.593. The van der Waals surface area contributed by atoms with Crippen LogP contribution in [0.1, 0.15) is 16.8 Å². The Hall–Kier alpha value is -0.934. The normalized spacial score (nSPS) is 16.4. The van der Waals surface area contributed by atoms with E-state index in [1.54, 1.807) is 0 Å². The van der Waals surface area contributed by atoms with Crippen molar-refractivity contribution < 1.29 is 92.3 Å². The van der Waals surface area contributed by atoms with Crippen molar-refractivity contribution >= 4 is 33.1 Å². The van der Waals surface area contributed by atoms with Crippen molar-refractivity contribution in [3.63, 3.8) is 0 Å². The van der Waals surface area contributed by atoms with Gasteiger partial charge >= 0.3 is 57.7 Å². The zero-order valence-electron chi connectivity index (χ0n) is 15.9. The van der Waals surface area contributed by atoms with Gasteiger partial charge in [0.1, 0.15) is 15.8 Å². The van der Waals surface area contributed by atoms with Crippen LogP contribution >= 0.6 is 11.6 Å². The van der Waals surface area contributed by atoms with Gasteiger partial charge in [0.2, 0.25) is 5.88 Å². The summed E-state index contributed by atoms with van der Waals surface area (Å²) in [7, 11) is -4.72. The number of hydrogen-bond donors (Lipinski definition) is 1. The zero-order valence-corrected chi connectivity index (χ0v) is 20.6. The molecule has 31 heavy (non-hydrogen) atoms. The van der Waals surface area contributed by atoms with Crippen LogP contribution in [0, 0.1) is 5.92 Å². The number of ether oxygens (including phenoxy) is 2. The average molecular weight is 505 g/mol. The molecule has 0 unspecified atom stereocenters. The van der Waals surface area contributed by atoms with Crippen molar-refractivity contribution in [1.82, 2.24) is 4.98 Å². The maximum absolute atomic E-state index is 12.6. The summed E-state index contributed by atoms with van der Waals surface area (Å²) in [5.41, 5.74) is -0.369. The van der Waals surface area contributed by atoms with E-state index in [-0.39, 0.29) is 93.2 Å². The molecule has 2 aromatic rings. The molecular weight excluding hydrogens is 492 g/mol. The van der Waals surface area contributed by atoms with Crippen molar-refractivity contribution in [2.24, 2.45) is 5.92 Å². The van der Waals surface area contributed by atoms with Crippen LogP contribution in [-0.4, -0.2) is 43.9 Å². The monoisotopic (exact) mass is 504 g/mol. The first-order chi connectivity index (χ1) is 14.0. The van der Waals surface area contributed by atoms with Crippen molar-refractivity contribution in [3.05, 3.63) is 45.8 Å². The number of sulfonamides is 1. The molecule has 3 rings (SSSR count). The van der Waals surface area contributed by atoms with E-state index in [4.69, 9.17) is 16.3 Å². The SMILES string of the molecule is O=C1C[C@@H](CO)COc2ncc([N-]S(=O)(=O)c3cc(Cl)ccc3OC(F)(F)F)cc21.[K+]. The van der Waals surface area contributed by atoms with Crippen molar-refractivity contribution in [3.8, 4) is 11.6 Å². The van der Waals surface area contributed by atoms with E-state index in [0.29, 0.717) is 0 Å². The summed E-state index contributed by atoms with van der Waals surface area (Å²) in [4.78, 5) is 15.3. The molecule has 1 N–H and O–H groups in total. The van der Waals surface area contributed by atoms with Gasteiger partial charge in [0, 0.05) is 30.2 Å². The third-order valence-electron chi connectivity index (χ3n) is 3.96. The summed E-state index contributed by atoms with van der Waals surface area (Å²) in [6.07, 6.45) is -4.21. The molecule has 1 aromatic carbocycles. The maximum Gasteiger partial charge on any atom is 1.00 e. The number of carbonyl (C=O) groups excluding carboxylic acids is 1. The number of aromatic nitrogens is 1. The van der Waals surface area contributed by atoms with Gasteiger partial charge in [-0.25, -0.2) is 13.4 Å². The Morgan fingerprint density at radius 2 is 2.03 bits per heavy atom. The molecule has 0 aliphatic carbocycles. The number of aliphatic hydroxyl groups excluding tert-OH is 1. The first-order valence-corrected chi connectivity index (χ1v) is 10.1. The fourth-order valence-electron chi connectivity index (χ4n) is 2.63. The summed E-state index contributed by atoms with van der Waals surface area (Å²) < 4.78 is 75.6. The number of nitrogens with zero attached hydrogens (tertiary/aromatic N) is 2. The number of halogens is 4. The minimum Gasteiger partial charge on any atom is -0.571 e. The molecule has 2 heterocycles. The van der Waals surface area contributed by atoms with Crippen LogP contribution in [0.25, 0.3) is 4.72 Å². The van der Waals surface area contributed by atoms with Crippen LogP contribution < -0.4 is 60.9 Å². The van der Waals surface area contributed by atoms with E-state index < -0.39 is 38.7 Å². The van der Waals surface area contributed by atoms with Crippen molar-refractivity contribution in [1.29, 1.82) is 0 Å². The second-order valence-electron chi connectivity index (χ2n) is 6.24. The predicted octanol–water partition coefficient (Wildman–Crippen LogP) is 0.605. The van der Waals surface area contributed by atoms with Gasteiger partial charge < -0.3 is 19.3 Å². The number of benzene rings is 1. The third kappa shape index (κ3) is 6.77. The van der Waals surface area contributed by atoms with Crippen molar-refractivity contribution in [2.75, 3.05) is 13.2 Å². The van der Waals surface area contributed by atoms with E-state index in [1.165, 1.54) is 0 Å². The maximum atomic E-state index is 12.6. The summed E-state index contributed by atoms with van der Waals surface area (Å²) >= 11 is 5.72. The topological polar surface area (TPSA) is 117 Å². The number of alkyl halides is 3. The molecule has 1 aliphatic rings. The van der Waals surface area contributed by atoms with Crippen LogP contribution in [0.3, 0.4) is 0 Å². The Kier molecular flexibility index (Phi) is 8.78. The number of carbonyl (C=O) groups is 1. The van der Waals surface area contributed by atoms with Gasteiger partial charge in [0.25, 0.3) is 0 Å². The second kappa shape index (κ2) is 10.3. The second-order valence-corrected chi connectivity index (χ2v) is 8.25. The molecule has 0 radical (unpaired) electrons. The number of rotatable bonds is 5. The number of ketones is 1. The molecule has 1 aliphatic heterocycles. The molecule has 0 bridgehead atoms. The third-order valence-corrected chi connectivity index (χ3v) is 5.52. The Morgan fingerprint density at radius 1 is 1.32 bits per heavy atom. The molecule has 0 saturated carbocycles. The molecule has 0 saturated heterocycles. The molecule has 8 nitrogen and oxygen atoms in total. The van der Waals surface area contributed by atoms with E-state index in [9.17, 15) is 31.5 Å². The Labute approximate surface area is 222 Å². The molecule has 1 aromatic heterocycles. The zero-order chi connectivity index (χ0) is 22.1. The smallest absolute Gasteiger partial charge is 0.571 e. The summed E-state index contributed by atoms with van der Waals surface area (Å²) in [6.45, 7) is -0.250. The van der Waals surface area contributed by atoms with Gasteiger partial charge in [0.15, 0.2) is 5.78 Å². The number of fused-ring (bicyclic) bond motifs is 1. The van der Waals surface area contributed by atoms with E-state index in [2.05, 4.69) is 14.4 Å². The molecular formula is C17H13ClF3KN2O6S. The molecule has 0 amide bonds. The van der Waals surface area contributed by atoms with Gasteiger partial charge in [-0.15, -0.1) is 18.9 Å². The van der Waals surface area contributed by atoms with Crippen LogP contribution in [0.2, 0.25) is 5.02 Å². The number of Topliss-reactive ketones (excluding diaryl/α,β-unsaturated/α-hetero) is 1. The molecule has 162 valence electrons. The molecule has 0 spiro atoms. The summed E-state index contributed by atoms with van der Waals surface area (Å²) in [5.74, 6) is -1.98. The van der Waals surface area contributed by atoms with E-state index in [1.807, 2.05) is 0 Å². The summed E-state index contributed by atoms with van der Waals surface area (Å²) in [6, 6.07) is 3.63. The fourth-order valence-corrected chi connectivity index (χ4v) is 3.98. The Bertz CT molecular complexity index is 1080. The van der Waals surface area contributed by atoms with Gasteiger partial charge in [-0.1, -0.05) is 17.7 Å². The van der Waals surface area contributed by atoms with Gasteiger partial charge in [-0.05, 0) is 18.2 Å². The Morgan fingerprint density at radius 3 is 2.68 bits per heavy atom. The molecule has 0 fully saturated rings. The molecule has 1 atom stereocenters. The fraction of sp³-hybridized carbons (Fsp3) is 0.294. The first-order valence-electron chi connectivity index (χ1n) is 8.29. The van der Waals surface area contributed by atoms with Crippen molar-refractivity contribution in [2.45, 2.75) is 17.7 Å². The standard InChI is InChI=1S/C17H13ClF3N2O6S.K/c18-10-1-2-14(29-17(19,20)21)15(4-10)30(26,27)23-11-5-12-13(25)3-9(7-24)8-28-16(12)22-6-11;/h1-2,4-6,9,24H,3,7-8H2;/q-1;+1/t9-;/m0./s1. The number of pyridine rings is 1. The van der Waals surface area contributed by atoms with Gasteiger partial charge in [-0.2, -0.15) is 0 Å². The van der Waals surface area contributed by atoms with Crippen LogP contribution in [0.15, 0.2) is 35.4 Å². The first kappa shape index (κ1) is 26.3. The summed E-state index contributed by atoms with van der Waals surface area (Å²) in [5, 5.41) is 9.07. The number of aliphatic hydroxyl groups is 1. The van der Waals surface area contributed by atoms with E-state index in [0.717, 1.165) is 30.5 Å². The Balaban J connectivity index is 0.00000341. The average Bonchev–Trinajstić information content (AvgIpc) is 2.80. The van der Waals surface area contributed by atoms with Crippen LogP contribution in [-0.2, 0) is 10.0 Å². The minimum atomic E-state index is -5.14. The van der Waals surface area contributed by atoms with Gasteiger partial charge in [0.05, 0.1) is 17.1 Å². The largest absolute Gasteiger partial charge is 1.00 e. The van der Waals surface area contributed by atoms with Gasteiger partial charge in [-0.3, -0.25) is 4.79 Å². The van der Waals surface area contributed by atoms with Crippen LogP contribution in [0.4, 0.5) is 18.9 Å². The van der Waals surface area contributed by atoms with E-state index >= 15 is 0 Å². The minimum absolute atomic E-state index is 0.